The Morgan fingerprint density at radius 2 is 2.11 bits per heavy atom. The highest BCUT2D eigenvalue weighted by molar-refractivity contribution is 7.89. The van der Waals surface area contributed by atoms with Gasteiger partial charge in [0, 0.05) is 19.6 Å². The highest BCUT2D eigenvalue weighted by Crippen LogP contribution is 2.32. The third-order valence-corrected chi connectivity index (χ3v) is 5.40. The Kier molecular flexibility index (Phi) is 3.99. The van der Waals surface area contributed by atoms with Crippen LogP contribution in [0.2, 0.25) is 0 Å². The predicted molar refractivity (Wildman–Crippen MR) is 76.4 cm³/mol. The second-order valence-electron chi connectivity index (χ2n) is 5.93. The van der Waals surface area contributed by atoms with Gasteiger partial charge in [-0.15, -0.1) is 0 Å². The molecule has 1 saturated heterocycles. The predicted octanol–water partition coefficient (Wildman–Crippen LogP) is 1.83. The molecule has 0 aromatic heterocycles. The summed E-state index contributed by atoms with van der Waals surface area (Å²) in [6.45, 7) is 6.12. The zero-order chi connectivity index (χ0) is 14.1. The lowest BCUT2D eigenvalue weighted by molar-refractivity contribution is 0.375. The molecule has 0 amide bonds. The van der Waals surface area contributed by atoms with Gasteiger partial charge < -0.3 is 5.32 Å². The molecule has 1 aliphatic rings. The SMILES string of the molecule is CNCc1cccc(S(=O)(=O)N2CCC(C)(C)C2)c1. The first-order chi connectivity index (χ1) is 8.85. The summed E-state index contributed by atoms with van der Waals surface area (Å²) in [7, 11) is -1.49. The van der Waals surface area contributed by atoms with E-state index in [1.54, 1.807) is 22.5 Å². The van der Waals surface area contributed by atoms with E-state index < -0.39 is 10.0 Å². The van der Waals surface area contributed by atoms with Crippen LogP contribution in [0.4, 0.5) is 0 Å². The molecule has 106 valence electrons. The van der Waals surface area contributed by atoms with Crippen molar-refractivity contribution in [3.05, 3.63) is 29.8 Å². The van der Waals surface area contributed by atoms with E-state index in [2.05, 4.69) is 19.2 Å². The quantitative estimate of drug-likeness (QED) is 0.916. The molecule has 1 fully saturated rings. The Bertz CT molecular complexity index is 552. The number of hydrogen-bond acceptors (Lipinski definition) is 3. The van der Waals surface area contributed by atoms with E-state index in [9.17, 15) is 8.42 Å². The summed E-state index contributed by atoms with van der Waals surface area (Å²) in [4.78, 5) is 0.401. The average molecular weight is 282 g/mol. The molecule has 0 radical (unpaired) electrons. The Balaban J connectivity index is 2.27. The van der Waals surface area contributed by atoms with Crippen LogP contribution in [-0.2, 0) is 16.6 Å². The first-order valence-corrected chi connectivity index (χ1v) is 8.03. The molecule has 0 spiro atoms. The van der Waals surface area contributed by atoms with Crippen LogP contribution >= 0.6 is 0 Å². The molecule has 5 heteroatoms. The number of hydrogen-bond donors (Lipinski definition) is 1. The summed E-state index contributed by atoms with van der Waals surface area (Å²) in [5, 5.41) is 3.04. The van der Waals surface area contributed by atoms with Crippen LogP contribution in [0.25, 0.3) is 0 Å². The van der Waals surface area contributed by atoms with Crippen molar-refractivity contribution in [1.82, 2.24) is 9.62 Å². The maximum Gasteiger partial charge on any atom is 0.243 e. The third kappa shape index (κ3) is 3.16. The van der Waals surface area contributed by atoms with Gasteiger partial charge in [0.05, 0.1) is 4.90 Å². The van der Waals surface area contributed by atoms with Gasteiger partial charge in [-0.1, -0.05) is 26.0 Å². The lowest BCUT2D eigenvalue weighted by atomic mass is 9.93. The summed E-state index contributed by atoms with van der Waals surface area (Å²) in [6.07, 6.45) is 0.919. The summed E-state index contributed by atoms with van der Waals surface area (Å²) in [6, 6.07) is 7.18. The van der Waals surface area contributed by atoms with Crippen molar-refractivity contribution in [2.75, 3.05) is 20.1 Å². The Morgan fingerprint density at radius 3 is 2.68 bits per heavy atom. The van der Waals surface area contributed by atoms with Gasteiger partial charge in [-0.25, -0.2) is 8.42 Å². The van der Waals surface area contributed by atoms with Crippen molar-refractivity contribution in [3.63, 3.8) is 0 Å². The van der Waals surface area contributed by atoms with Gasteiger partial charge in [-0.05, 0) is 36.6 Å². The minimum atomic E-state index is -3.35. The van der Waals surface area contributed by atoms with Crippen molar-refractivity contribution in [1.29, 1.82) is 0 Å². The van der Waals surface area contributed by atoms with Crippen LogP contribution in [-0.4, -0.2) is 32.9 Å². The highest BCUT2D eigenvalue weighted by Gasteiger charge is 2.36. The lowest BCUT2D eigenvalue weighted by Crippen LogP contribution is -2.30. The zero-order valence-electron chi connectivity index (χ0n) is 11.8. The van der Waals surface area contributed by atoms with E-state index in [4.69, 9.17) is 0 Å². The van der Waals surface area contributed by atoms with E-state index >= 15 is 0 Å². The minimum absolute atomic E-state index is 0.0790. The molecular formula is C14H22N2O2S. The standard InChI is InChI=1S/C14H22N2O2S/c1-14(2)7-8-16(11-14)19(17,18)13-6-4-5-12(9-13)10-15-3/h4-6,9,15H,7-8,10-11H2,1-3H3. The maximum atomic E-state index is 12.6. The van der Waals surface area contributed by atoms with Gasteiger partial charge in [-0.3, -0.25) is 0 Å². The topological polar surface area (TPSA) is 49.4 Å². The van der Waals surface area contributed by atoms with Crippen molar-refractivity contribution in [2.45, 2.75) is 31.7 Å². The van der Waals surface area contributed by atoms with E-state index in [1.165, 1.54) is 0 Å². The molecule has 1 aromatic carbocycles. The number of sulfonamides is 1. The minimum Gasteiger partial charge on any atom is -0.316 e. The van der Waals surface area contributed by atoms with E-state index in [0.29, 0.717) is 24.5 Å². The van der Waals surface area contributed by atoms with E-state index in [-0.39, 0.29) is 5.41 Å². The fourth-order valence-electron chi connectivity index (χ4n) is 2.44. The number of nitrogens with zero attached hydrogens (tertiary/aromatic N) is 1. The molecule has 1 heterocycles. The number of nitrogens with one attached hydrogen (secondary N) is 1. The van der Waals surface area contributed by atoms with Gasteiger partial charge >= 0.3 is 0 Å². The van der Waals surface area contributed by atoms with Crippen molar-refractivity contribution < 1.29 is 8.42 Å². The monoisotopic (exact) mass is 282 g/mol. The smallest absolute Gasteiger partial charge is 0.243 e. The molecule has 1 aromatic rings. The van der Waals surface area contributed by atoms with Gasteiger partial charge in [0.15, 0.2) is 0 Å². The summed E-state index contributed by atoms with van der Waals surface area (Å²) >= 11 is 0. The summed E-state index contributed by atoms with van der Waals surface area (Å²) < 4.78 is 26.8. The van der Waals surface area contributed by atoms with Crippen LogP contribution in [0.15, 0.2) is 29.2 Å². The summed E-state index contributed by atoms with van der Waals surface area (Å²) in [5.74, 6) is 0. The molecule has 0 saturated carbocycles. The van der Waals surface area contributed by atoms with Crippen LogP contribution < -0.4 is 5.32 Å². The van der Waals surface area contributed by atoms with Crippen molar-refractivity contribution in [2.24, 2.45) is 5.41 Å². The molecule has 19 heavy (non-hydrogen) atoms. The molecule has 1 N–H and O–H groups in total. The lowest BCUT2D eigenvalue weighted by Gasteiger charge is -2.20. The van der Waals surface area contributed by atoms with Gasteiger partial charge in [-0.2, -0.15) is 4.31 Å². The van der Waals surface area contributed by atoms with Gasteiger partial charge in [0.25, 0.3) is 0 Å². The Hall–Kier alpha value is -0.910. The van der Waals surface area contributed by atoms with Gasteiger partial charge in [0.2, 0.25) is 10.0 Å². The molecule has 0 unspecified atom stereocenters. The highest BCUT2D eigenvalue weighted by atomic mass is 32.2. The Morgan fingerprint density at radius 1 is 1.37 bits per heavy atom. The molecule has 0 bridgehead atoms. The van der Waals surface area contributed by atoms with E-state index in [0.717, 1.165) is 12.0 Å². The molecule has 4 nitrogen and oxygen atoms in total. The average Bonchev–Trinajstić information content (AvgIpc) is 2.71. The number of benzene rings is 1. The maximum absolute atomic E-state index is 12.6. The molecule has 0 aliphatic carbocycles. The van der Waals surface area contributed by atoms with Crippen molar-refractivity contribution in [3.8, 4) is 0 Å². The second-order valence-corrected chi connectivity index (χ2v) is 7.87. The first-order valence-electron chi connectivity index (χ1n) is 6.59. The molecule has 2 rings (SSSR count). The van der Waals surface area contributed by atoms with Crippen LogP contribution in [0.1, 0.15) is 25.8 Å². The fraction of sp³-hybridized carbons (Fsp3) is 0.571. The summed E-state index contributed by atoms with van der Waals surface area (Å²) in [5.41, 5.74) is 1.07. The Labute approximate surface area is 115 Å². The fourth-order valence-corrected chi connectivity index (χ4v) is 4.14. The third-order valence-electron chi connectivity index (χ3n) is 3.56. The largest absolute Gasteiger partial charge is 0.316 e. The van der Waals surface area contributed by atoms with Crippen LogP contribution in [0.3, 0.4) is 0 Å². The van der Waals surface area contributed by atoms with Crippen LogP contribution in [0, 0.1) is 5.41 Å². The van der Waals surface area contributed by atoms with Crippen LogP contribution in [0.5, 0.6) is 0 Å². The first kappa shape index (κ1) is 14.5. The second kappa shape index (κ2) is 5.23. The number of rotatable bonds is 4. The zero-order valence-corrected chi connectivity index (χ0v) is 12.6. The van der Waals surface area contributed by atoms with Gasteiger partial charge in [0.1, 0.15) is 0 Å². The normalized spacial score (nSPS) is 19.7. The van der Waals surface area contributed by atoms with E-state index in [1.807, 2.05) is 13.1 Å². The molecule has 0 atom stereocenters. The molecular weight excluding hydrogens is 260 g/mol. The van der Waals surface area contributed by atoms with Crippen molar-refractivity contribution >= 4 is 10.0 Å². The molecule has 1 aliphatic heterocycles.